The quantitative estimate of drug-likeness (QED) is 0.303. The van der Waals surface area contributed by atoms with Crippen molar-refractivity contribution < 1.29 is 19.0 Å². The molecule has 0 N–H and O–H groups in total. The van der Waals surface area contributed by atoms with Gasteiger partial charge in [-0.2, -0.15) is 0 Å². The van der Waals surface area contributed by atoms with Crippen molar-refractivity contribution >= 4 is 11.7 Å². The highest BCUT2D eigenvalue weighted by Crippen LogP contribution is 2.30. The molecule has 0 aromatic heterocycles. The summed E-state index contributed by atoms with van der Waals surface area (Å²) in [7, 11) is 1.41. The van der Waals surface area contributed by atoms with Gasteiger partial charge < -0.3 is 19.1 Å². The molecular weight excluding hydrogens is 354 g/mol. The van der Waals surface area contributed by atoms with Gasteiger partial charge in [0.15, 0.2) is 6.29 Å². The summed E-state index contributed by atoms with van der Waals surface area (Å²) in [4.78, 5) is 14.1. The van der Waals surface area contributed by atoms with Crippen molar-refractivity contribution in [2.75, 3.05) is 38.3 Å². The van der Waals surface area contributed by atoms with Crippen molar-refractivity contribution in [2.45, 2.75) is 65.6 Å². The number of piperidine rings is 1. The van der Waals surface area contributed by atoms with E-state index < -0.39 is 0 Å². The second-order valence-electron chi connectivity index (χ2n) is 7.63. The molecule has 0 amide bonds. The lowest BCUT2D eigenvalue weighted by Crippen LogP contribution is -2.40. The zero-order valence-electron chi connectivity index (χ0n) is 18.0. The fourth-order valence-corrected chi connectivity index (χ4v) is 3.68. The number of rotatable bonds is 11. The number of ether oxygens (including phenoxy) is 3. The van der Waals surface area contributed by atoms with E-state index in [1.54, 1.807) is 0 Å². The second kappa shape index (κ2) is 12.1. The van der Waals surface area contributed by atoms with Crippen LogP contribution in [0.3, 0.4) is 0 Å². The van der Waals surface area contributed by atoms with Crippen LogP contribution in [0.25, 0.3) is 0 Å². The predicted octanol–water partition coefficient (Wildman–Crippen LogP) is 4.96. The smallest absolute Gasteiger partial charge is 0.337 e. The van der Waals surface area contributed by atoms with Gasteiger partial charge in [0.2, 0.25) is 0 Å². The molecule has 0 unspecified atom stereocenters. The highest BCUT2D eigenvalue weighted by Gasteiger charge is 2.28. The molecule has 1 aromatic rings. The molecule has 0 spiro atoms. The van der Waals surface area contributed by atoms with Crippen LogP contribution in [-0.2, 0) is 14.2 Å². The van der Waals surface area contributed by atoms with E-state index in [0.29, 0.717) is 11.5 Å². The first-order chi connectivity index (χ1) is 13.6. The lowest BCUT2D eigenvalue weighted by atomic mass is 9.95. The third-order valence-electron chi connectivity index (χ3n) is 5.44. The van der Waals surface area contributed by atoms with Crippen molar-refractivity contribution in [3.63, 3.8) is 0 Å². The molecule has 0 atom stereocenters. The van der Waals surface area contributed by atoms with Crippen LogP contribution in [0.5, 0.6) is 0 Å². The molecule has 1 saturated heterocycles. The number of nitrogens with zero attached hydrogens (tertiary/aromatic N) is 1. The van der Waals surface area contributed by atoms with Gasteiger partial charge in [0.05, 0.1) is 12.7 Å². The zero-order valence-corrected chi connectivity index (χ0v) is 18.0. The highest BCUT2D eigenvalue weighted by molar-refractivity contribution is 5.90. The van der Waals surface area contributed by atoms with Crippen molar-refractivity contribution in [3.05, 3.63) is 29.3 Å². The van der Waals surface area contributed by atoms with Crippen LogP contribution in [0.15, 0.2) is 18.2 Å². The maximum absolute atomic E-state index is 11.7. The SMILES string of the molecule is CCCCOC(OCCCC)C1CCN(c2ccc(C(=O)OC)cc2C)CC1. The van der Waals surface area contributed by atoms with Crippen LogP contribution in [0, 0.1) is 12.8 Å². The molecule has 1 aliphatic heterocycles. The minimum absolute atomic E-state index is 0.0805. The Morgan fingerprint density at radius 1 is 1.11 bits per heavy atom. The molecule has 1 aromatic carbocycles. The number of benzene rings is 1. The molecule has 0 bridgehead atoms. The molecule has 1 heterocycles. The van der Waals surface area contributed by atoms with Crippen molar-refractivity contribution in [3.8, 4) is 0 Å². The Morgan fingerprint density at radius 3 is 2.21 bits per heavy atom. The summed E-state index contributed by atoms with van der Waals surface area (Å²) in [6.45, 7) is 9.94. The molecule has 28 heavy (non-hydrogen) atoms. The Labute approximate surface area is 170 Å². The molecule has 2 rings (SSSR count). The Hall–Kier alpha value is -1.59. The number of methoxy groups -OCH3 is 1. The van der Waals surface area contributed by atoms with Crippen LogP contribution >= 0.6 is 0 Å². The molecule has 0 saturated carbocycles. The summed E-state index contributed by atoms with van der Waals surface area (Å²) in [5.41, 5.74) is 2.91. The Balaban J connectivity index is 1.94. The minimum atomic E-state index is -0.287. The molecule has 1 fully saturated rings. The third kappa shape index (κ3) is 6.49. The molecule has 5 heteroatoms. The van der Waals surface area contributed by atoms with Gasteiger partial charge in [0.25, 0.3) is 0 Å². The maximum atomic E-state index is 11.7. The van der Waals surface area contributed by atoms with Crippen LogP contribution in [-0.4, -0.2) is 45.7 Å². The van der Waals surface area contributed by atoms with Crippen molar-refractivity contribution in [2.24, 2.45) is 5.92 Å². The van der Waals surface area contributed by atoms with E-state index in [1.165, 1.54) is 12.8 Å². The first kappa shape index (κ1) is 22.7. The molecular formula is C23H37NO4. The fourth-order valence-electron chi connectivity index (χ4n) is 3.68. The summed E-state index contributed by atoms with van der Waals surface area (Å²) in [6, 6.07) is 5.80. The highest BCUT2D eigenvalue weighted by atomic mass is 16.7. The van der Waals surface area contributed by atoms with E-state index in [2.05, 4.69) is 25.7 Å². The Morgan fingerprint density at radius 2 is 1.71 bits per heavy atom. The number of hydrogen-bond acceptors (Lipinski definition) is 5. The van der Waals surface area contributed by atoms with E-state index in [0.717, 1.165) is 70.4 Å². The van der Waals surface area contributed by atoms with Gasteiger partial charge in [-0.25, -0.2) is 4.79 Å². The van der Waals surface area contributed by atoms with Gasteiger partial charge in [-0.05, 0) is 56.4 Å². The average molecular weight is 392 g/mol. The van der Waals surface area contributed by atoms with Gasteiger partial charge in [0.1, 0.15) is 0 Å². The van der Waals surface area contributed by atoms with Crippen LogP contribution in [0.2, 0.25) is 0 Å². The van der Waals surface area contributed by atoms with E-state index in [9.17, 15) is 4.79 Å². The molecule has 158 valence electrons. The van der Waals surface area contributed by atoms with Gasteiger partial charge >= 0.3 is 5.97 Å². The summed E-state index contributed by atoms with van der Waals surface area (Å²) >= 11 is 0. The largest absolute Gasteiger partial charge is 0.465 e. The maximum Gasteiger partial charge on any atom is 0.337 e. The monoisotopic (exact) mass is 391 g/mol. The van der Waals surface area contributed by atoms with Crippen LogP contribution < -0.4 is 4.90 Å². The third-order valence-corrected chi connectivity index (χ3v) is 5.44. The topological polar surface area (TPSA) is 48.0 Å². The van der Waals surface area contributed by atoms with E-state index in [-0.39, 0.29) is 12.3 Å². The normalized spacial score (nSPS) is 15.2. The lowest BCUT2D eigenvalue weighted by Gasteiger charge is -2.37. The standard InChI is InChI=1S/C23H37NO4/c1-5-7-15-27-23(28-16-8-6-2)19-11-13-24(14-12-19)21-10-9-20(17-18(21)3)22(25)26-4/h9-10,17,19,23H,5-8,11-16H2,1-4H3. The Bertz CT molecular complexity index is 586. The summed E-state index contributed by atoms with van der Waals surface area (Å²) < 4.78 is 17.0. The number of esters is 1. The van der Waals surface area contributed by atoms with Gasteiger partial charge in [-0.1, -0.05) is 26.7 Å². The fraction of sp³-hybridized carbons (Fsp3) is 0.696. The van der Waals surface area contributed by atoms with Gasteiger partial charge in [0, 0.05) is 37.9 Å². The van der Waals surface area contributed by atoms with Crippen molar-refractivity contribution in [1.29, 1.82) is 0 Å². The second-order valence-corrected chi connectivity index (χ2v) is 7.63. The van der Waals surface area contributed by atoms with Gasteiger partial charge in [-0.3, -0.25) is 0 Å². The van der Waals surface area contributed by atoms with E-state index in [4.69, 9.17) is 14.2 Å². The number of aryl methyl sites for hydroxylation is 1. The number of carbonyl (C=O) groups excluding carboxylic acids is 1. The van der Waals surface area contributed by atoms with E-state index in [1.807, 2.05) is 18.2 Å². The number of hydrogen-bond donors (Lipinski definition) is 0. The lowest BCUT2D eigenvalue weighted by molar-refractivity contribution is -0.177. The molecule has 5 nitrogen and oxygen atoms in total. The molecule has 0 aliphatic carbocycles. The zero-order chi connectivity index (χ0) is 20.4. The van der Waals surface area contributed by atoms with Gasteiger partial charge in [-0.15, -0.1) is 0 Å². The molecule has 1 aliphatic rings. The summed E-state index contributed by atoms with van der Waals surface area (Å²) in [5.74, 6) is 0.157. The molecule has 0 radical (unpaired) electrons. The number of unbranched alkanes of at least 4 members (excludes halogenated alkanes) is 2. The summed E-state index contributed by atoms with van der Waals surface area (Å²) in [5, 5.41) is 0. The van der Waals surface area contributed by atoms with Crippen LogP contribution in [0.4, 0.5) is 5.69 Å². The van der Waals surface area contributed by atoms with E-state index >= 15 is 0 Å². The average Bonchev–Trinajstić information content (AvgIpc) is 2.72. The summed E-state index contributed by atoms with van der Waals surface area (Å²) in [6.07, 6.45) is 6.48. The first-order valence-electron chi connectivity index (χ1n) is 10.8. The predicted molar refractivity (Wildman–Crippen MR) is 113 cm³/mol. The number of anilines is 1. The minimum Gasteiger partial charge on any atom is -0.465 e. The Kier molecular flexibility index (Phi) is 9.79. The van der Waals surface area contributed by atoms with Crippen LogP contribution in [0.1, 0.15) is 68.3 Å². The first-order valence-corrected chi connectivity index (χ1v) is 10.8. The van der Waals surface area contributed by atoms with Crippen molar-refractivity contribution in [1.82, 2.24) is 0 Å². The number of carbonyl (C=O) groups is 1.